The van der Waals surface area contributed by atoms with Crippen LogP contribution in [-0.4, -0.2) is 5.97 Å². The van der Waals surface area contributed by atoms with Gasteiger partial charge in [-0.05, 0) is 18.1 Å². The van der Waals surface area contributed by atoms with E-state index >= 15 is 0 Å². The van der Waals surface area contributed by atoms with Gasteiger partial charge in [0.25, 0.3) is 0 Å². The van der Waals surface area contributed by atoms with Crippen LogP contribution in [0.5, 0.6) is 0 Å². The monoisotopic (exact) mass is 281 g/mol. The predicted octanol–water partition coefficient (Wildman–Crippen LogP) is 3.42. The summed E-state index contributed by atoms with van der Waals surface area (Å²) in [6.07, 6.45) is 1.48. The Morgan fingerprint density at radius 3 is 2.19 bits per heavy atom. The molecule has 0 unspecified atom stereocenters. The van der Waals surface area contributed by atoms with Gasteiger partial charge in [0.2, 0.25) is 0 Å². The number of carbonyl (C=O) groups is 1. The summed E-state index contributed by atoms with van der Waals surface area (Å²) in [5, 5.41) is 3.19. The highest BCUT2D eigenvalue weighted by Gasteiger charge is 2.00. The molecule has 1 N–H and O–H groups in total. The summed E-state index contributed by atoms with van der Waals surface area (Å²) in [5.41, 5.74) is 2.94. The summed E-state index contributed by atoms with van der Waals surface area (Å²) in [6.45, 7) is 2.84. The zero-order valence-corrected chi connectivity index (χ0v) is 12.1. The zero-order chi connectivity index (χ0) is 14.9. The number of esters is 1. The summed E-state index contributed by atoms with van der Waals surface area (Å²) in [6, 6.07) is 19.7. The fourth-order valence-corrected chi connectivity index (χ4v) is 1.84. The highest BCUT2D eigenvalue weighted by atomic mass is 16.5. The molecular formula is C18H19NO2. The third-order valence-electron chi connectivity index (χ3n) is 2.97. The molecule has 0 saturated heterocycles. The Kier molecular flexibility index (Phi) is 5.59. The van der Waals surface area contributed by atoms with Gasteiger partial charge < -0.3 is 10.1 Å². The van der Waals surface area contributed by atoms with Crippen LogP contribution in [0.15, 0.2) is 72.4 Å². The molecule has 0 aromatic heterocycles. The summed E-state index contributed by atoms with van der Waals surface area (Å²) in [7, 11) is 0. The molecule has 0 aliphatic rings. The smallest absolute Gasteiger partial charge is 0.332 e. The van der Waals surface area contributed by atoms with Crippen LogP contribution in [0.2, 0.25) is 0 Å². The molecule has 0 spiro atoms. The molecule has 0 saturated carbocycles. The Hall–Kier alpha value is -2.55. The minimum absolute atomic E-state index is 0.294. The second-order valence-corrected chi connectivity index (χ2v) is 4.76. The molecule has 0 fully saturated rings. The number of rotatable bonds is 6. The van der Waals surface area contributed by atoms with E-state index in [1.54, 1.807) is 0 Å². The number of benzene rings is 2. The second kappa shape index (κ2) is 7.90. The van der Waals surface area contributed by atoms with Crippen molar-refractivity contribution in [3.05, 3.63) is 83.6 Å². The highest BCUT2D eigenvalue weighted by Crippen LogP contribution is 2.02. The molecule has 0 atom stereocenters. The summed E-state index contributed by atoms with van der Waals surface area (Å²) in [5.74, 6) is -0.336. The maximum absolute atomic E-state index is 11.7. The van der Waals surface area contributed by atoms with Gasteiger partial charge in [0.05, 0.1) is 0 Å². The topological polar surface area (TPSA) is 38.3 Å². The second-order valence-electron chi connectivity index (χ2n) is 4.76. The fraction of sp³-hybridized carbons (Fsp3) is 0.167. The average molecular weight is 281 g/mol. The van der Waals surface area contributed by atoms with E-state index in [0.29, 0.717) is 13.2 Å². The molecule has 2 rings (SSSR count). The Balaban J connectivity index is 1.77. The number of nitrogens with one attached hydrogen (secondary N) is 1. The highest BCUT2D eigenvalue weighted by molar-refractivity contribution is 5.82. The molecule has 21 heavy (non-hydrogen) atoms. The number of carbonyl (C=O) groups excluding carboxylic acids is 1. The van der Waals surface area contributed by atoms with Gasteiger partial charge >= 0.3 is 5.97 Å². The van der Waals surface area contributed by atoms with Crippen molar-refractivity contribution in [2.75, 3.05) is 0 Å². The van der Waals surface area contributed by atoms with Crippen molar-refractivity contribution in [3.8, 4) is 0 Å². The quantitative estimate of drug-likeness (QED) is 0.651. The minimum atomic E-state index is -0.336. The third kappa shape index (κ3) is 5.53. The maximum atomic E-state index is 11.7. The van der Waals surface area contributed by atoms with Crippen molar-refractivity contribution < 1.29 is 9.53 Å². The minimum Gasteiger partial charge on any atom is -0.458 e. The first-order valence-corrected chi connectivity index (χ1v) is 6.91. The molecule has 108 valence electrons. The lowest BCUT2D eigenvalue weighted by atomic mass is 10.2. The van der Waals surface area contributed by atoms with Crippen molar-refractivity contribution in [2.45, 2.75) is 20.1 Å². The zero-order valence-electron chi connectivity index (χ0n) is 12.1. The Labute approximate surface area is 125 Å². The Morgan fingerprint density at radius 1 is 1.00 bits per heavy atom. The summed E-state index contributed by atoms with van der Waals surface area (Å²) >= 11 is 0. The van der Waals surface area contributed by atoms with Crippen molar-refractivity contribution in [3.63, 3.8) is 0 Å². The van der Waals surface area contributed by atoms with Crippen molar-refractivity contribution in [1.82, 2.24) is 5.32 Å². The van der Waals surface area contributed by atoms with Crippen LogP contribution in [0.4, 0.5) is 0 Å². The molecule has 2 aromatic carbocycles. The molecule has 0 amide bonds. The van der Waals surface area contributed by atoms with Crippen LogP contribution in [0, 0.1) is 0 Å². The van der Waals surface area contributed by atoms with Crippen LogP contribution in [0.3, 0.4) is 0 Å². The van der Waals surface area contributed by atoms with Gasteiger partial charge in [-0.2, -0.15) is 0 Å². The van der Waals surface area contributed by atoms with E-state index < -0.39 is 0 Å². The van der Waals surface area contributed by atoms with Crippen molar-refractivity contribution >= 4 is 5.97 Å². The lowest BCUT2D eigenvalue weighted by Gasteiger charge is -2.07. The Morgan fingerprint density at radius 2 is 1.57 bits per heavy atom. The number of ether oxygens (including phenoxy) is 1. The number of hydrogen-bond donors (Lipinski definition) is 1. The van der Waals surface area contributed by atoms with Crippen LogP contribution in [0.25, 0.3) is 0 Å². The summed E-state index contributed by atoms with van der Waals surface area (Å²) < 4.78 is 5.20. The molecule has 0 bridgehead atoms. The lowest BCUT2D eigenvalue weighted by molar-refractivity contribution is -0.139. The molecular weight excluding hydrogens is 262 g/mol. The molecule has 2 aromatic rings. The first-order valence-electron chi connectivity index (χ1n) is 6.91. The van der Waals surface area contributed by atoms with Crippen LogP contribution in [-0.2, 0) is 22.7 Å². The number of allylic oxidation sites excluding steroid dienone is 1. The van der Waals surface area contributed by atoms with E-state index in [1.165, 1.54) is 11.6 Å². The third-order valence-corrected chi connectivity index (χ3v) is 2.97. The molecule has 0 radical (unpaired) electrons. The van der Waals surface area contributed by atoms with Gasteiger partial charge in [-0.15, -0.1) is 0 Å². The van der Waals surface area contributed by atoms with E-state index in [0.717, 1.165) is 11.3 Å². The van der Waals surface area contributed by atoms with E-state index in [-0.39, 0.29) is 5.97 Å². The number of hydrogen-bond acceptors (Lipinski definition) is 3. The van der Waals surface area contributed by atoms with Gasteiger partial charge in [-0.25, -0.2) is 4.79 Å². The van der Waals surface area contributed by atoms with Crippen LogP contribution in [0.1, 0.15) is 18.1 Å². The van der Waals surface area contributed by atoms with Gasteiger partial charge in [0.1, 0.15) is 6.61 Å². The van der Waals surface area contributed by atoms with E-state index in [4.69, 9.17) is 4.74 Å². The van der Waals surface area contributed by atoms with E-state index in [9.17, 15) is 4.79 Å². The van der Waals surface area contributed by atoms with Gasteiger partial charge in [-0.3, -0.25) is 0 Å². The molecule has 0 heterocycles. The standard InChI is InChI=1S/C18H19NO2/c1-15(19-13-16-8-4-2-5-9-16)12-18(20)21-14-17-10-6-3-7-11-17/h2-12,19H,13-14H2,1H3/b15-12+. The lowest BCUT2D eigenvalue weighted by Crippen LogP contribution is -2.12. The largest absolute Gasteiger partial charge is 0.458 e. The van der Waals surface area contributed by atoms with Gasteiger partial charge in [0, 0.05) is 18.3 Å². The molecule has 3 nitrogen and oxygen atoms in total. The van der Waals surface area contributed by atoms with Crippen molar-refractivity contribution in [1.29, 1.82) is 0 Å². The summed E-state index contributed by atoms with van der Waals surface area (Å²) in [4.78, 5) is 11.7. The predicted molar refractivity (Wildman–Crippen MR) is 83.3 cm³/mol. The first-order chi connectivity index (χ1) is 10.2. The molecule has 0 aliphatic heterocycles. The Bertz CT molecular complexity index is 591. The van der Waals surface area contributed by atoms with E-state index in [2.05, 4.69) is 5.32 Å². The van der Waals surface area contributed by atoms with Crippen LogP contribution < -0.4 is 5.32 Å². The average Bonchev–Trinajstić information content (AvgIpc) is 2.53. The SMILES string of the molecule is C/C(=C\C(=O)OCc1ccccc1)NCc1ccccc1. The molecule has 0 aliphatic carbocycles. The fourth-order valence-electron chi connectivity index (χ4n) is 1.84. The first kappa shape index (κ1) is 14.9. The molecule has 3 heteroatoms. The normalized spacial score (nSPS) is 11.0. The van der Waals surface area contributed by atoms with Crippen molar-refractivity contribution in [2.24, 2.45) is 0 Å². The maximum Gasteiger partial charge on any atom is 0.332 e. The van der Waals surface area contributed by atoms with Crippen LogP contribution >= 0.6 is 0 Å². The van der Waals surface area contributed by atoms with Gasteiger partial charge in [-0.1, -0.05) is 60.7 Å². The van der Waals surface area contributed by atoms with Gasteiger partial charge in [0.15, 0.2) is 0 Å². The van der Waals surface area contributed by atoms with E-state index in [1.807, 2.05) is 67.6 Å².